The number of nitrogens with one attached hydrogen (secondary N) is 1. The summed E-state index contributed by atoms with van der Waals surface area (Å²) >= 11 is 0. The van der Waals surface area contributed by atoms with Crippen LogP contribution in [0.5, 0.6) is 5.75 Å². The van der Waals surface area contributed by atoms with Gasteiger partial charge in [-0.3, -0.25) is 14.9 Å². The van der Waals surface area contributed by atoms with Crippen LogP contribution in [0.25, 0.3) is 0 Å². The van der Waals surface area contributed by atoms with Crippen LogP contribution in [0.1, 0.15) is 17.5 Å². The van der Waals surface area contributed by atoms with E-state index in [1.165, 1.54) is 6.07 Å². The summed E-state index contributed by atoms with van der Waals surface area (Å²) in [6.07, 6.45) is 0.110. The number of benzene rings is 2. The van der Waals surface area contributed by atoms with Crippen molar-refractivity contribution >= 4 is 17.3 Å². The molecule has 0 fully saturated rings. The van der Waals surface area contributed by atoms with Gasteiger partial charge in [0.1, 0.15) is 0 Å². The van der Waals surface area contributed by atoms with Crippen molar-refractivity contribution in [2.75, 3.05) is 11.9 Å². The second-order valence-corrected chi connectivity index (χ2v) is 5.24. The van der Waals surface area contributed by atoms with E-state index in [-0.39, 0.29) is 30.4 Å². The molecule has 0 radical (unpaired) electrons. The Balaban J connectivity index is 1.91. The summed E-state index contributed by atoms with van der Waals surface area (Å²) in [7, 11) is 0. The van der Waals surface area contributed by atoms with Gasteiger partial charge in [-0.15, -0.1) is 0 Å². The summed E-state index contributed by atoms with van der Waals surface area (Å²) in [6, 6.07) is 12.1. The molecule has 0 atom stereocenters. The Morgan fingerprint density at radius 2 is 1.91 bits per heavy atom. The average Bonchev–Trinajstić information content (AvgIpc) is 2.47. The third kappa shape index (κ3) is 4.81. The molecule has 0 aliphatic rings. The minimum atomic E-state index is -0.498. The first-order valence-electron chi connectivity index (χ1n) is 7.20. The molecule has 0 bridgehead atoms. The van der Waals surface area contributed by atoms with Crippen LogP contribution < -0.4 is 10.1 Å². The molecule has 0 spiro atoms. The standard InChI is InChI=1S/C17H18N2O4/c1-12-4-3-5-14(10-12)18-17(20)8-9-23-16-11-13(2)6-7-15(16)19(21)22/h3-7,10-11H,8-9H2,1-2H3,(H,18,20). The zero-order valence-electron chi connectivity index (χ0n) is 13.0. The molecule has 0 aliphatic carbocycles. The maximum absolute atomic E-state index is 11.9. The van der Waals surface area contributed by atoms with E-state index < -0.39 is 4.92 Å². The van der Waals surface area contributed by atoms with Crippen molar-refractivity contribution in [3.63, 3.8) is 0 Å². The molecule has 120 valence electrons. The highest BCUT2D eigenvalue weighted by Gasteiger charge is 2.15. The van der Waals surface area contributed by atoms with Crippen molar-refractivity contribution < 1.29 is 14.5 Å². The van der Waals surface area contributed by atoms with E-state index in [0.29, 0.717) is 0 Å². The maximum Gasteiger partial charge on any atom is 0.310 e. The molecule has 2 rings (SSSR count). The predicted molar refractivity (Wildman–Crippen MR) is 87.8 cm³/mol. The zero-order chi connectivity index (χ0) is 16.8. The summed E-state index contributed by atoms with van der Waals surface area (Å²) in [4.78, 5) is 22.3. The lowest BCUT2D eigenvalue weighted by Crippen LogP contribution is -2.15. The van der Waals surface area contributed by atoms with Crippen molar-refractivity contribution in [3.05, 3.63) is 63.7 Å². The number of hydrogen-bond acceptors (Lipinski definition) is 4. The summed E-state index contributed by atoms with van der Waals surface area (Å²) < 4.78 is 5.41. The normalized spacial score (nSPS) is 10.2. The number of ether oxygens (including phenoxy) is 1. The number of nitro groups is 1. The lowest BCUT2D eigenvalue weighted by Gasteiger charge is -2.08. The first-order chi connectivity index (χ1) is 11.0. The Morgan fingerprint density at radius 3 is 2.61 bits per heavy atom. The van der Waals surface area contributed by atoms with Crippen LogP contribution >= 0.6 is 0 Å². The van der Waals surface area contributed by atoms with Gasteiger partial charge in [-0.05, 0) is 43.2 Å². The van der Waals surface area contributed by atoms with E-state index in [9.17, 15) is 14.9 Å². The maximum atomic E-state index is 11.9. The van der Waals surface area contributed by atoms with Crippen molar-refractivity contribution in [1.82, 2.24) is 0 Å². The molecule has 1 N–H and O–H groups in total. The highest BCUT2D eigenvalue weighted by molar-refractivity contribution is 5.90. The Kier molecular flexibility index (Phi) is 5.30. The second-order valence-electron chi connectivity index (χ2n) is 5.24. The van der Waals surface area contributed by atoms with Crippen molar-refractivity contribution in [1.29, 1.82) is 0 Å². The molecule has 6 nitrogen and oxygen atoms in total. The van der Waals surface area contributed by atoms with Crippen molar-refractivity contribution in [2.24, 2.45) is 0 Å². The van der Waals surface area contributed by atoms with E-state index in [4.69, 9.17) is 4.74 Å². The Hall–Kier alpha value is -2.89. The van der Waals surface area contributed by atoms with Gasteiger partial charge in [0.15, 0.2) is 5.75 Å². The van der Waals surface area contributed by atoms with E-state index in [1.54, 1.807) is 18.2 Å². The number of carbonyl (C=O) groups is 1. The number of rotatable bonds is 6. The average molecular weight is 314 g/mol. The molecule has 1 amide bonds. The van der Waals surface area contributed by atoms with Crippen molar-refractivity contribution in [2.45, 2.75) is 20.3 Å². The van der Waals surface area contributed by atoms with E-state index in [0.717, 1.165) is 16.8 Å². The largest absolute Gasteiger partial charge is 0.486 e. The van der Waals surface area contributed by atoms with Gasteiger partial charge in [0.2, 0.25) is 5.91 Å². The number of nitrogens with zero attached hydrogens (tertiary/aromatic N) is 1. The topological polar surface area (TPSA) is 81.5 Å². The van der Waals surface area contributed by atoms with Crippen LogP contribution in [-0.2, 0) is 4.79 Å². The van der Waals surface area contributed by atoms with Gasteiger partial charge in [0, 0.05) is 11.8 Å². The third-order valence-corrected chi connectivity index (χ3v) is 3.20. The van der Waals surface area contributed by atoms with Crippen molar-refractivity contribution in [3.8, 4) is 5.75 Å². The molecule has 0 heterocycles. The lowest BCUT2D eigenvalue weighted by molar-refractivity contribution is -0.385. The molecule has 2 aromatic carbocycles. The molecule has 0 saturated heterocycles. The van der Waals surface area contributed by atoms with Gasteiger partial charge >= 0.3 is 5.69 Å². The molecule has 23 heavy (non-hydrogen) atoms. The highest BCUT2D eigenvalue weighted by atomic mass is 16.6. The number of anilines is 1. The molecule has 6 heteroatoms. The van der Waals surface area contributed by atoms with Crippen LogP contribution in [0.4, 0.5) is 11.4 Å². The van der Waals surface area contributed by atoms with Gasteiger partial charge < -0.3 is 10.1 Å². The molecule has 0 aromatic heterocycles. The molecule has 2 aromatic rings. The van der Waals surface area contributed by atoms with Gasteiger partial charge in [0.25, 0.3) is 0 Å². The van der Waals surface area contributed by atoms with Crippen LogP contribution in [0, 0.1) is 24.0 Å². The van der Waals surface area contributed by atoms with Crippen LogP contribution in [-0.4, -0.2) is 17.4 Å². The van der Waals surface area contributed by atoms with Gasteiger partial charge in [-0.1, -0.05) is 18.2 Å². The Labute approximate surface area is 134 Å². The quantitative estimate of drug-likeness (QED) is 0.652. The molecule has 0 saturated carbocycles. The summed E-state index contributed by atoms with van der Waals surface area (Å²) in [5.41, 5.74) is 2.52. The van der Waals surface area contributed by atoms with E-state index in [2.05, 4.69) is 5.32 Å². The predicted octanol–water partition coefficient (Wildman–Crippen LogP) is 3.62. The molecule has 0 unspecified atom stereocenters. The summed E-state index contributed by atoms with van der Waals surface area (Å²) in [6.45, 7) is 3.83. The molecule has 0 aliphatic heterocycles. The number of aryl methyl sites for hydroxylation is 2. The Morgan fingerprint density at radius 1 is 1.17 bits per heavy atom. The molecular formula is C17H18N2O4. The van der Waals surface area contributed by atoms with E-state index >= 15 is 0 Å². The van der Waals surface area contributed by atoms with E-state index in [1.807, 2.05) is 32.0 Å². The van der Waals surface area contributed by atoms with Gasteiger partial charge in [-0.25, -0.2) is 0 Å². The molecular weight excluding hydrogens is 296 g/mol. The minimum absolute atomic E-state index is 0.0714. The van der Waals surface area contributed by atoms with Gasteiger partial charge in [0.05, 0.1) is 18.0 Å². The first kappa shape index (κ1) is 16.5. The number of amides is 1. The highest BCUT2D eigenvalue weighted by Crippen LogP contribution is 2.27. The number of hydrogen-bond donors (Lipinski definition) is 1. The first-order valence-corrected chi connectivity index (χ1v) is 7.20. The monoisotopic (exact) mass is 314 g/mol. The Bertz CT molecular complexity index is 728. The summed E-state index contributed by atoms with van der Waals surface area (Å²) in [5, 5.41) is 13.7. The summed E-state index contributed by atoms with van der Waals surface area (Å²) in [5.74, 6) is -0.0238. The third-order valence-electron chi connectivity index (χ3n) is 3.20. The van der Waals surface area contributed by atoms with Crippen LogP contribution in [0.15, 0.2) is 42.5 Å². The fourth-order valence-corrected chi connectivity index (χ4v) is 2.09. The van der Waals surface area contributed by atoms with Crippen LogP contribution in [0.2, 0.25) is 0 Å². The van der Waals surface area contributed by atoms with Crippen LogP contribution in [0.3, 0.4) is 0 Å². The number of nitro benzene ring substituents is 1. The lowest BCUT2D eigenvalue weighted by atomic mass is 10.2. The SMILES string of the molecule is Cc1cccc(NC(=O)CCOc2cc(C)ccc2[N+](=O)[O-])c1. The smallest absolute Gasteiger partial charge is 0.310 e. The fourth-order valence-electron chi connectivity index (χ4n) is 2.09. The zero-order valence-corrected chi connectivity index (χ0v) is 13.0. The van der Waals surface area contributed by atoms with Gasteiger partial charge in [-0.2, -0.15) is 0 Å². The second kappa shape index (κ2) is 7.40. The fraction of sp³-hybridized carbons (Fsp3) is 0.235. The minimum Gasteiger partial charge on any atom is -0.486 e. The number of carbonyl (C=O) groups excluding carboxylic acids is 1.